The van der Waals surface area contributed by atoms with Gasteiger partial charge in [-0.25, -0.2) is 0 Å². The van der Waals surface area contributed by atoms with Gasteiger partial charge < -0.3 is 36.1 Å². The molecule has 7 nitrogen and oxygen atoms in total. The Labute approximate surface area is 167 Å². The van der Waals surface area contributed by atoms with Crippen LogP contribution in [0.15, 0.2) is 50.6 Å². The molecular formula is C9H8Br3Cu2N6O. The minimum Gasteiger partial charge on any atom is -0.581 e. The molecule has 21 heavy (non-hydrogen) atoms. The first-order chi connectivity index (χ1) is 8.68. The van der Waals surface area contributed by atoms with Gasteiger partial charge >= 0.3 is 34.1 Å². The summed E-state index contributed by atoms with van der Waals surface area (Å²) in [7, 11) is 0. The summed E-state index contributed by atoms with van der Waals surface area (Å²) in [6, 6.07) is 0. The van der Waals surface area contributed by atoms with E-state index in [-0.39, 0.29) is 39.6 Å². The van der Waals surface area contributed by atoms with Crippen LogP contribution in [0.5, 0.6) is 0 Å². The van der Waals surface area contributed by atoms with Gasteiger partial charge in [0.1, 0.15) is 0 Å². The zero-order valence-electron chi connectivity index (χ0n) is 9.88. The third-order valence-corrected chi connectivity index (χ3v) is 2.51. The van der Waals surface area contributed by atoms with Gasteiger partial charge in [0.2, 0.25) is 0 Å². The van der Waals surface area contributed by atoms with Crippen LogP contribution in [0, 0.1) is 0 Å². The molecule has 0 unspecified atom stereocenters. The van der Waals surface area contributed by atoms with Crippen molar-refractivity contribution < 1.29 is 39.6 Å². The molecule has 0 aromatic carbocycles. The van der Waals surface area contributed by atoms with E-state index in [0.29, 0.717) is 0 Å². The molecule has 2 N–H and O–H groups in total. The SMILES string of the molecule is Brc1cn[n-]c1.Brc1cn[n-]c1.Brc1cn[n-]c1.O.[Cu+2].[Cu+]. The summed E-state index contributed by atoms with van der Waals surface area (Å²) in [6.07, 6.45) is 9.83. The van der Waals surface area contributed by atoms with Crippen molar-refractivity contribution in [3.8, 4) is 0 Å². The predicted molar refractivity (Wildman–Crippen MR) is 79.4 cm³/mol. The number of halogens is 3. The maximum Gasteiger partial charge on any atom is 2.00 e. The van der Waals surface area contributed by atoms with Crippen LogP contribution in [0.1, 0.15) is 0 Å². The monoisotopic (exact) mass is 579 g/mol. The molecule has 0 aliphatic rings. The summed E-state index contributed by atoms with van der Waals surface area (Å²) < 4.78 is 2.80. The minimum absolute atomic E-state index is 0. The molecule has 1 radical (unpaired) electrons. The van der Waals surface area contributed by atoms with Crippen LogP contribution in [-0.4, -0.2) is 20.8 Å². The molecule has 0 amide bonds. The smallest absolute Gasteiger partial charge is 0.581 e. The first kappa shape index (κ1) is 26.0. The fourth-order valence-corrected chi connectivity index (χ4v) is 1.18. The van der Waals surface area contributed by atoms with Gasteiger partial charge in [-0.2, -0.15) is 0 Å². The third-order valence-electron chi connectivity index (χ3n) is 1.29. The van der Waals surface area contributed by atoms with Crippen molar-refractivity contribution >= 4 is 47.8 Å². The molecule has 0 bridgehead atoms. The first-order valence-electron chi connectivity index (χ1n) is 4.45. The molecular weight excluding hydrogens is 575 g/mol. The Bertz CT molecular complexity index is 429. The van der Waals surface area contributed by atoms with Crippen LogP contribution in [0.25, 0.3) is 0 Å². The Morgan fingerprint density at radius 3 is 0.952 bits per heavy atom. The van der Waals surface area contributed by atoms with Crippen LogP contribution in [0.3, 0.4) is 0 Å². The average molecular weight is 583 g/mol. The molecule has 0 fully saturated rings. The predicted octanol–water partition coefficient (Wildman–Crippen LogP) is 1.57. The molecule has 0 aliphatic carbocycles. The Hall–Kier alpha value is 0.0690. The molecule has 0 saturated carbocycles. The van der Waals surface area contributed by atoms with Gasteiger partial charge in [0.25, 0.3) is 0 Å². The second-order valence-electron chi connectivity index (χ2n) is 2.62. The summed E-state index contributed by atoms with van der Waals surface area (Å²) in [6.45, 7) is 0. The minimum atomic E-state index is 0. The van der Waals surface area contributed by atoms with Gasteiger partial charge in [-0.3, -0.25) is 0 Å². The topological polar surface area (TPSA) is 112 Å². The van der Waals surface area contributed by atoms with Gasteiger partial charge in [0.15, 0.2) is 0 Å². The average Bonchev–Trinajstić information content (AvgIpc) is 3.05. The molecule has 3 heterocycles. The Kier molecular flexibility index (Phi) is 20.3. The molecule has 123 valence electrons. The van der Waals surface area contributed by atoms with Crippen molar-refractivity contribution in [2.24, 2.45) is 0 Å². The zero-order chi connectivity index (χ0) is 13.2. The molecule has 0 aliphatic heterocycles. The Balaban J connectivity index is -0.000000216. The van der Waals surface area contributed by atoms with Crippen molar-refractivity contribution in [3.63, 3.8) is 0 Å². The summed E-state index contributed by atoms with van der Waals surface area (Å²) in [4.78, 5) is 0. The van der Waals surface area contributed by atoms with E-state index < -0.39 is 0 Å². The molecule has 3 aromatic heterocycles. The van der Waals surface area contributed by atoms with Crippen LogP contribution in [-0.2, 0) is 34.1 Å². The fourth-order valence-electron chi connectivity index (χ4n) is 0.631. The van der Waals surface area contributed by atoms with E-state index in [9.17, 15) is 0 Å². The first-order valence-corrected chi connectivity index (χ1v) is 6.83. The second-order valence-corrected chi connectivity index (χ2v) is 5.37. The van der Waals surface area contributed by atoms with Crippen LogP contribution in [0.2, 0.25) is 0 Å². The van der Waals surface area contributed by atoms with E-state index in [0.717, 1.165) is 13.4 Å². The van der Waals surface area contributed by atoms with Gasteiger partial charge in [-0.15, -0.1) is 18.6 Å². The van der Waals surface area contributed by atoms with E-state index in [2.05, 4.69) is 78.4 Å². The molecule has 3 rings (SSSR count). The Morgan fingerprint density at radius 2 is 0.905 bits per heavy atom. The van der Waals surface area contributed by atoms with Crippen molar-refractivity contribution in [3.05, 3.63) is 50.6 Å². The summed E-state index contributed by atoms with van der Waals surface area (Å²) >= 11 is 9.47. The number of rotatable bonds is 0. The molecule has 0 spiro atoms. The molecule has 3 aromatic rings. The van der Waals surface area contributed by atoms with Crippen molar-refractivity contribution in [1.29, 1.82) is 0 Å². The maximum absolute atomic E-state index is 3.52. The van der Waals surface area contributed by atoms with Crippen molar-refractivity contribution in [2.45, 2.75) is 0 Å². The molecule has 0 saturated heterocycles. The van der Waals surface area contributed by atoms with Crippen LogP contribution < -0.4 is 15.3 Å². The molecule has 12 heteroatoms. The van der Waals surface area contributed by atoms with E-state index in [1.54, 1.807) is 37.2 Å². The van der Waals surface area contributed by atoms with Gasteiger partial charge in [-0.05, 0) is 0 Å². The fraction of sp³-hybridized carbons (Fsp3) is 0. The number of hydrogen-bond acceptors (Lipinski definition) is 3. The zero-order valence-corrected chi connectivity index (χ0v) is 16.5. The summed E-state index contributed by atoms with van der Waals surface area (Å²) in [5, 5.41) is 21.1. The molecule has 0 atom stereocenters. The number of aromatic nitrogens is 6. The summed E-state index contributed by atoms with van der Waals surface area (Å²) in [5.74, 6) is 0. The van der Waals surface area contributed by atoms with Crippen LogP contribution >= 0.6 is 47.8 Å². The van der Waals surface area contributed by atoms with Gasteiger partial charge in [0, 0.05) is 32.0 Å². The quantitative estimate of drug-likeness (QED) is 0.372. The number of hydrogen-bond donors (Lipinski definition) is 0. The van der Waals surface area contributed by atoms with Gasteiger partial charge in [-0.1, -0.05) is 47.8 Å². The van der Waals surface area contributed by atoms with Crippen molar-refractivity contribution in [1.82, 2.24) is 30.6 Å². The largest absolute Gasteiger partial charge is 2.00 e. The second kappa shape index (κ2) is 16.4. The maximum atomic E-state index is 3.52. The van der Waals surface area contributed by atoms with Gasteiger partial charge in [0.05, 0.1) is 0 Å². The third kappa shape index (κ3) is 14.8. The van der Waals surface area contributed by atoms with E-state index >= 15 is 0 Å². The Morgan fingerprint density at radius 1 is 0.667 bits per heavy atom. The van der Waals surface area contributed by atoms with E-state index in [4.69, 9.17) is 0 Å². The van der Waals surface area contributed by atoms with E-state index in [1.165, 1.54) is 0 Å². The van der Waals surface area contributed by atoms with E-state index in [1.807, 2.05) is 0 Å². The normalized spacial score (nSPS) is 7.57. The standard InChI is InChI=1S/3C3H2BrN2.2Cu.H2O/c3*4-3-1-5-6-2-3;;;/h3*1-2H;;;1H2/q3*-1;+1;+2;. The number of nitrogens with zero attached hydrogens (tertiary/aromatic N) is 6. The van der Waals surface area contributed by atoms with Crippen LogP contribution in [0.4, 0.5) is 0 Å². The summed E-state index contributed by atoms with van der Waals surface area (Å²) in [5.41, 5.74) is 0. The van der Waals surface area contributed by atoms with Crippen molar-refractivity contribution in [2.75, 3.05) is 0 Å².